The van der Waals surface area contributed by atoms with Gasteiger partial charge in [0.2, 0.25) is 0 Å². The summed E-state index contributed by atoms with van der Waals surface area (Å²) in [6, 6.07) is 2.34. The molecule has 4 rings (SSSR count). The zero-order valence-electron chi connectivity index (χ0n) is 17.1. The van der Waals surface area contributed by atoms with E-state index in [-0.39, 0.29) is 6.10 Å². The first-order valence-electron chi connectivity index (χ1n) is 11.6. The van der Waals surface area contributed by atoms with E-state index in [1.165, 1.54) is 57.8 Å². The van der Waals surface area contributed by atoms with Gasteiger partial charge >= 0.3 is 0 Å². The molecule has 0 bridgehead atoms. The predicted molar refractivity (Wildman–Crippen MR) is 105 cm³/mol. The third kappa shape index (κ3) is 2.85. The highest BCUT2D eigenvalue weighted by molar-refractivity contribution is 5.09. The van der Waals surface area contributed by atoms with Crippen LogP contribution in [-0.2, 0) is 0 Å². The van der Waals surface area contributed by atoms with Crippen LogP contribution in [0, 0.1) is 51.8 Å². The summed E-state index contributed by atoms with van der Waals surface area (Å²) >= 11 is 0. The predicted octanol–water partition coefficient (Wildman–Crippen LogP) is 6.09. The fraction of sp³-hybridized carbons (Fsp3) is 0.958. The molecule has 0 amide bonds. The molecule has 0 radical (unpaired) electrons. The second kappa shape index (κ2) is 7.12. The Morgan fingerprint density at radius 2 is 1.85 bits per heavy atom. The molecule has 146 valence electrons. The topological polar surface area (TPSA) is 44.0 Å². The van der Waals surface area contributed by atoms with Gasteiger partial charge in [0, 0.05) is 6.42 Å². The molecule has 0 aromatic carbocycles. The Morgan fingerprint density at radius 1 is 1.00 bits per heavy atom. The van der Waals surface area contributed by atoms with Crippen molar-refractivity contribution in [1.82, 2.24) is 0 Å². The van der Waals surface area contributed by atoms with E-state index in [1.807, 2.05) is 0 Å². The maximum absolute atomic E-state index is 10.2. The van der Waals surface area contributed by atoms with Crippen LogP contribution in [0.5, 0.6) is 0 Å². The summed E-state index contributed by atoms with van der Waals surface area (Å²) in [5.41, 5.74) is 1.09. The molecule has 4 aliphatic rings. The molecule has 0 spiro atoms. The quantitative estimate of drug-likeness (QED) is 0.619. The van der Waals surface area contributed by atoms with Crippen LogP contribution in [0.1, 0.15) is 97.3 Å². The first kappa shape index (κ1) is 18.8. The summed E-state index contributed by atoms with van der Waals surface area (Å²) in [5.74, 6) is 4.46. The second-order valence-corrected chi connectivity index (χ2v) is 10.7. The average Bonchev–Trinajstić information content (AvgIpc) is 2.96. The molecule has 1 N–H and O–H groups in total. The minimum atomic E-state index is -0.0288. The van der Waals surface area contributed by atoms with E-state index in [4.69, 9.17) is 5.26 Å². The van der Waals surface area contributed by atoms with Gasteiger partial charge in [0.1, 0.15) is 0 Å². The Hall–Kier alpha value is -0.550. The molecule has 0 heterocycles. The van der Waals surface area contributed by atoms with Crippen molar-refractivity contribution in [3.05, 3.63) is 0 Å². The number of aliphatic hydroxyl groups is 1. The van der Waals surface area contributed by atoms with Crippen molar-refractivity contribution in [2.24, 2.45) is 40.4 Å². The van der Waals surface area contributed by atoms with Gasteiger partial charge in [0.15, 0.2) is 0 Å². The van der Waals surface area contributed by atoms with Crippen LogP contribution in [0.4, 0.5) is 0 Å². The van der Waals surface area contributed by atoms with Crippen LogP contribution in [0.25, 0.3) is 0 Å². The fourth-order valence-corrected chi connectivity index (χ4v) is 8.52. The minimum Gasteiger partial charge on any atom is -0.393 e. The molecular weight excluding hydrogens is 318 g/mol. The van der Waals surface area contributed by atoms with Gasteiger partial charge in [0.25, 0.3) is 0 Å². The number of rotatable bonds is 4. The third-order valence-corrected chi connectivity index (χ3v) is 9.97. The van der Waals surface area contributed by atoms with E-state index in [9.17, 15) is 5.11 Å². The molecular formula is C24H39NO. The summed E-state index contributed by atoms with van der Waals surface area (Å²) < 4.78 is 0. The van der Waals surface area contributed by atoms with Crippen molar-refractivity contribution in [1.29, 1.82) is 5.26 Å². The van der Waals surface area contributed by atoms with Crippen molar-refractivity contribution in [3.8, 4) is 6.07 Å². The highest BCUT2D eigenvalue weighted by atomic mass is 16.3. The highest BCUT2D eigenvalue weighted by Gasteiger charge is 2.60. The van der Waals surface area contributed by atoms with Gasteiger partial charge in [-0.05, 0) is 111 Å². The lowest BCUT2D eigenvalue weighted by Crippen LogP contribution is -2.54. The number of nitriles is 1. The van der Waals surface area contributed by atoms with Crippen LogP contribution < -0.4 is 0 Å². The van der Waals surface area contributed by atoms with E-state index >= 15 is 0 Å². The highest BCUT2D eigenvalue weighted by Crippen LogP contribution is 2.68. The van der Waals surface area contributed by atoms with Gasteiger partial charge in [-0.25, -0.2) is 0 Å². The summed E-state index contributed by atoms with van der Waals surface area (Å²) in [6.45, 7) is 5.13. The molecule has 2 nitrogen and oxygen atoms in total. The van der Waals surface area contributed by atoms with Gasteiger partial charge in [-0.3, -0.25) is 0 Å². The fourth-order valence-electron chi connectivity index (χ4n) is 8.52. The van der Waals surface area contributed by atoms with E-state index in [1.54, 1.807) is 0 Å². The smallest absolute Gasteiger partial charge is 0.0621 e. The molecule has 0 aromatic heterocycles. The van der Waals surface area contributed by atoms with Crippen molar-refractivity contribution in [3.63, 3.8) is 0 Å². The van der Waals surface area contributed by atoms with Gasteiger partial charge in [0.05, 0.1) is 12.2 Å². The summed E-state index contributed by atoms with van der Waals surface area (Å²) in [7, 11) is 0. The summed E-state index contributed by atoms with van der Waals surface area (Å²) in [6.07, 6.45) is 16.4. The van der Waals surface area contributed by atoms with Crippen molar-refractivity contribution < 1.29 is 5.11 Å². The number of nitrogens with zero attached hydrogens (tertiary/aromatic N) is 1. The number of aliphatic hydroxyl groups excluding tert-OH is 1. The van der Waals surface area contributed by atoms with Gasteiger partial charge in [-0.1, -0.05) is 20.3 Å². The third-order valence-electron chi connectivity index (χ3n) is 9.97. The number of unbranched alkanes of at least 4 members (excludes halogenated alkanes) is 2. The Labute approximate surface area is 160 Å². The molecule has 0 aromatic rings. The Morgan fingerprint density at radius 3 is 2.65 bits per heavy atom. The lowest BCUT2D eigenvalue weighted by atomic mass is 9.44. The second-order valence-electron chi connectivity index (χ2n) is 10.7. The van der Waals surface area contributed by atoms with E-state index < -0.39 is 0 Å². The normalized spacial score (nSPS) is 50.4. The molecule has 2 heteroatoms. The van der Waals surface area contributed by atoms with Gasteiger partial charge in [-0.2, -0.15) is 5.26 Å². The lowest BCUT2D eigenvalue weighted by molar-refractivity contribution is -0.131. The average molecular weight is 358 g/mol. The number of hydrogen-bond acceptors (Lipinski definition) is 2. The number of hydrogen-bond donors (Lipinski definition) is 1. The Balaban J connectivity index is 1.53. The minimum absolute atomic E-state index is 0.0288. The molecule has 4 unspecified atom stereocenters. The van der Waals surface area contributed by atoms with E-state index in [0.717, 1.165) is 55.3 Å². The monoisotopic (exact) mass is 357 g/mol. The van der Waals surface area contributed by atoms with Crippen LogP contribution in [-0.4, -0.2) is 11.2 Å². The molecule has 8 atom stereocenters. The zero-order valence-corrected chi connectivity index (χ0v) is 17.1. The SMILES string of the molecule is CC1CCC2C3CC[C@H]4C[C@H](O)CC[C@]4(C)C3CC[C@]12CCCCC#N. The van der Waals surface area contributed by atoms with Gasteiger partial charge in [-0.15, -0.1) is 0 Å². The Bertz CT molecular complexity index is 553. The van der Waals surface area contributed by atoms with Crippen molar-refractivity contribution in [2.45, 2.75) is 103 Å². The first-order chi connectivity index (χ1) is 12.5. The number of fused-ring (bicyclic) bond motifs is 5. The molecule has 0 saturated heterocycles. The van der Waals surface area contributed by atoms with Crippen LogP contribution in [0.3, 0.4) is 0 Å². The van der Waals surface area contributed by atoms with Gasteiger partial charge < -0.3 is 5.11 Å². The summed E-state index contributed by atoms with van der Waals surface area (Å²) in [4.78, 5) is 0. The zero-order chi connectivity index (χ0) is 18.4. The van der Waals surface area contributed by atoms with Crippen LogP contribution in [0.15, 0.2) is 0 Å². The van der Waals surface area contributed by atoms with Crippen LogP contribution >= 0.6 is 0 Å². The van der Waals surface area contributed by atoms with E-state index in [0.29, 0.717) is 10.8 Å². The lowest BCUT2D eigenvalue weighted by Gasteiger charge is -2.61. The summed E-state index contributed by atoms with van der Waals surface area (Å²) in [5, 5.41) is 19.1. The molecule has 26 heavy (non-hydrogen) atoms. The molecule has 4 fully saturated rings. The maximum Gasteiger partial charge on any atom is 0.0621 e. The molecule has 0 aliphatic heterocycles. The largest absolute Gasteiger partial charge is 0.393 e. The standard InChI is InChI=1S/C24H39NO/c1-17-6-9-22-20-8-7-18-16-19(26)10-13-23(18,2)21(20)11-14-24(17,22)12-4-3-5-15-25/h17-22,26H,3-14,16H2,1-2H3/t17?,18-,19+,20?,21?,22?,23-,24+/m0/s1. The van der Waals surface area contributed by atoms with Crippen molar-refractivity contribution >= 4 is 0 Å². The molecule has 4 saturated carbocycles. The Kier molecular flexibility index (Phi) is 5.15. The van der Waals surface area contributed by atoms with Crippen LogP contribution in [0.2, 0.25) is 0 Å². The van der Waals surface area contributed by atoms with E-state index in [2.05, 4.69) is 19.9 Å². The first-order valence-corrected chi connectivity index (χ1v) is 11.6. The maximum atomic E-state index is 10.2. The molecule has 4 aliphatic carbocycles. The van der Waals surface area contributed by atoms with Crippen molar-refractivity contribution in [2.75, 3.05) is 0 Å².